The molecule has 9 nitrogen and oxygen atoms in total. The summed E-state index contributed by atoms with van der Waals surface area (Å²) >= 11 is 0.748. The first-order valence-corrected chi connectivity index (χ1v) is 14.2. The van der Waals surface area contributed by atoms with Crippen LogP contribution in [0, 0.1) is 11.6 Å². The largest absolute Gasteiger partial charge is 0.462 e. The molecule has 2 aliphatic heterocycles. The van der Waals surface area contributed by atoms with Gasteiger partial charge in [-0.25, -0.2) is 13.8 Å². The second-order valence-corrected chi connectivity index (χ2v) is 11.6. The maximum atomic E-state index is 16.5. The minimum atomic E-state index is -5.02. The van der Waals surface area contributed by atoms with Crippen LogP contribution in [0.15, 0.2) is 30.9 Å². The van der Waals surface area contributed by atoms with E-state index in [0.29, 0.717) is 0 Å². The van der Waals surface area contributed by atoms with E-state index in [-0.39, 0.29) is 75.8 Å². The normalized spacial score (nSPS) is 17.9. The van der Waals surface area contributed by atoms with Gasteiger partial charge in [0.15, 0.2) is 10.9 Å². The number of hydrogen-bond donors (Lipinski definition) is 2. The van der Waals surface area contributed by atoms with Crippen LogP contribution in [-0.2, 0) is 11.0 Å². The van der Waals surface area contributed by atoms with Gasteiger partial charge in [-0.05, 0) is 50.7 Å². The molecule has 4 heterocycles. The standard InChI is InChI=1S/C28H26F5N7O2S/c1-3-19(41)40-10-13(11-40)35-25-16-9-17(28(31,32)33)20(15-6-7-18(29)24-23(15)36-26(34)43-24)21(30)22(16)37-27(38-25)42-12-14-5-4-8-39(14)2/h3,6-7,9,13-14H,1,4-5,8,10-12H2,2H3,(H2,34,36)(H,35,37,38)/t14-/m0/s1. The van der Waals surface area contributed by atoms with Crippen LogP contribution in [0.25, 0.3) is 32.2 Å². The van der Waals surface area contributed by atoms with Gasteiger partial charge in [-0.1, -0.05) is 17.9 Å². The summed E-state index contributed by atoms with van der Waals surface area (Å²) in [5.74, 6) is -2.41. The van der Waals surface area contributed by atoms with Crippen molar-refractivity contribution in [1.82, 2.24) is 24.8 Å². The predicted molar refractivity (Wildman–Crippen MR) is 153 cm³/mol. The number of anilines is 2. The quantitative estimate of drug-likeness (QED) is 0.218. The van der Waals surface area contributed by atoms with E-state index < -0.39 is 34.5 Å². The lowest BCUT2D eigenvalue weighted by molar-refractivity contribution is -0.137. The van der Waals surface area contributed by atoms with E-state index in [2.05, 4.69) is 31.7 Å². The van der Waals surface area contributed by atoms with E-state index >= 15 is 4.39 Å². The lowest BCUT2D eigenvalue weighted by atomic mass is 9.95. The third kappa shape index (κ3) is 5.31. The van der Waals surface area contributed by atoms with Crippen molar-refractivity contribution < 1.29 is 31.5 Å². The van der Waals surface area contributed by atoms with Gasteiger partial charge in [0, 0.05) is 35.6 Å². The molecule has 1 atom stereocenters. The van der Waals surface area contributed by atoms with Gasteiger partial charge in [-0.15, -0.1) is 0 Å². The zero-order valence-corrected chi connectivity index (χ0v) is 23.7. The predicted octanol–water partition coefficient (Wildman–Crippen LogP) is 5.07. The highest BCUT2D eigenvalue weighted by atomic mass is 32.1. The monoisotopic (exact) mass is 619 g/mol. The molecule has 2 saturated heterocycles. The van der Waals surface area contributed by atoms with Crippen molar-refractivity contribution in [3.8, 4) is 17.1 Å². The molecule has 0 bridgehead atoms. The number of likely N-dealkylation sites (N-methyl/N-ethyl adjacent to an activating group) is 1. The Labute approximate surface area is 246 Å². The van der Waals surface area contributed by atoms with Gasteiger partial charge in [0.2, 0.25) is 5.91 Å². The SMILES string of the molecule is C=CC(=O)N1CC(Nc2nc(OC[C@@H]3CCCN3C)nc3c(F)c(-c4ccc(F)c5sc(N)nc45)c(C(F)(F)F)cc23)C1. The van der Waals surface area contributed by atoms with Crippen LogP contribution in [0.3, 0.4) is 0 Å². The molecular formula is C28H26F5N7O2S. The molecule has 2 aromatic heterocycles. The van der Waals surface area contributed by atoms with Crippen LogP contribution in [0.5, 0.6) is 6.01 Å². The molecule has 2 aliphatic rings. The number of carbonyl (C=O) groups is 1. The van der Waals surface area contributed by atoms with Gasteiger partial charge in [0.1, 0.15) is 23.8 Å². The second-order valence-electron chi connectivity index (χ2n) is 10.6. The molecule has 0 saturated carbocycles. The lowest BCUT2D eigenvalue weighted by Gasteiger charge is -2.39. The first-order chi connectivity index (χ1) is 20.4. The number of nitrogens with two attached hydrogens (primary N) is 1. The highest BCUT2D eigenvalue weighted by Gasteiger charge is 2.39. The number of carbonyl (C=O) groups excluding carboxylic acids is 1. The number of likely N-dealkylation sites (tertiary alicyclic amines) is 2. The smallest absolute Gasteiger partial charge is 0.417 e. The topological polar surface area (TPSA) is 110 Å². The Morgan fingerprint density at radius 2 is 2.00 bits per heavy atom. The van der Waals surface area contributed by atoms with Gasteiger partial charge in [0.25, 0.3) is 0 Å². The fraction of sp³-hybridized carbons (Fsp3) is 0.357. The van der Waals surface area contributed by atoms with Crippen LogP contribution in [0.1, 0.15) is 18.4 Å². The number of aromatic nitrogens is 3. The number of nitrogen functional groups attached to an aromatic ring is 1. The molecule has 4 aromatic rings. The first kappa shape index (κ1) is 29.0. The second kappa shape index (κ2) is 10.9. The molecule has 43 heavy (non-hydrogen) atoms. The minimum Gasteiger partial charge on any atom is -0.462 e. The number of thiazole rings is 1. The van der Waals surface area contributed by atoms with Gasteiger partial charge >= 0.3 is 12.2 Å². The van der Waals surface area contributed by atoms with E-state index in [9.17, 15) is 22.4 Å². The Morgan fingerprint density at radius 1 is 1.23 bits per heavy atom. The molecule has 15 heteroatoms. The number of amides is 1. The number of nitrogens with one attached hydrogen (secondary N) is 1. The number of benzene rings is 2. The highest BCUT2D eigenvalue weighted by Crippen LogP contribution is 2.45. The fourth-order valence-electron chi connectivity index (χ4n) is 5.49. The average Bonchev–Trinajstić information content (AvgIpc) is 3.54. The van der Waals surface area contributed by atoms with E-state index in [1.807, 2.05) is 7.05 Å². The van der Waals surface area contributed by atoms with E-state index in [0.717, 1.165) is 55.0 Å². The van der Waals surface area contributed by atoms with E-state index in [4.69, 9.17) is 10.5 Å². The van der Waals surface area contributed by atoms with Gasteiger partial charge in [0.05, 0.1) is 21.8 Å². The van der Waals surface area contributed by atoms with Crippen molar-refractivity contribution in [1.29, 1.82) is 0 Å². The van der Waals surface area contributed by atoms with Crippen molar-refractivity contribution in [3.63, 3.8) is 0 Å². The summed E-state index contributed by atoms with van der Waals surface area (Å²) in [6, 6.07) is 2.23. The zero-order valence-electron chi connectivity index (χ0n) is 22.8. The van der Waals surface area contributed by atoms with Crippen LogP contribution in [0.4, 0.5) is 32.9 Å². The Kier molecular flexibility index (Phi) is 7.32. The van der Waals surface area contributed by atoms with Crippen LogP contribution < -0.4 is 15.8 Å². The highest BCUT2D eigenvalue weighted by molar-refractivity contribution is 7.22. The maximum Gasteiger partial charge on any atom is 0.417 e. The van der Waals surface area contributed by atoms with Crippen LogP contribution in [0.2, 0.25) is 0 Å². The summed E-state index contributed by atoms with van der Waals surface area (Å²) in [5, 5.41) is 2.72. The van der Waals surface area contributed by atoms with Gasteiger partial charge < -0.3 is 25.6 Å². The molecule has 2 fully saturated rings. The summed E-state index contributed by atoms with van der Waals surface area (Å²) in [4.78, 5) is 28.0. The molecule has 226 valence electrons. The number of nitrogens with zero attached hydrogens (tertiary/aromatic N) is 5. The number of ether oxygens (including phenoxy) is 1. The third-order valence-corrected chi connectivity index (χ3v) is 8.68. The lowest BCUT2D eigenvalue weighted by Crippen LogP contribution is -2.56. The number of rotatable bonds is 7. The molecule has 2 aromatic carbocycles. The van der Waals surface area contributed by atoms with Crippen molar-refractivity contribution in [2.45, 2.75) is 31.1 Å². The summed E-state index contributed by atoms with van der Waals surface area (Å²) in [6.45, 7) is 5.01. The third-order valence-electron chi connectivity index (χ3n) is 7.78. The van der Waals surface area contributed by atoms with E-state index in [1.54, 1.807) is 0 Å². The van der Waals surface area contributed by atoms with Gasteiger partial charge in [-0.3, -0.25) is 4.79 Å². The zero-order chi connectivity index (χ0) is 30.6. The van der Waals surface area contributed by atoms with Crippen molar-refractivity contribution in [2.75, 3.05) is 44.3 Å². The molecule has 0 spiro atoms. The Balaban J connectivity index is 1.51. The Bertz CT molecular complexity index is 1760. The van der Waals surface area contributed by atoms with Crippen molar-refractivity contribution in [3.05, 3.63) is 48.1 Å². The number of halogens is 5. The Hall–Kier alpha value is -4.11. The average molecular weight is 620 g/mol. The number of fused-ring (bicyclic) bond motifs is 2. The first-order valence-electron chi connectivity index (χ1n) is 13.4. The molecule has 0 radical (unpaired) electrons. The molecule has 0 unspecified atom stereocenters. The molecule has 3 N–H and O–H groups in total. The maximum absolute atomic E-state index is 16.5. The molecule has 0 aliphatic carbocycles. The summed E-state index contributed by atoms with van der Waals surface area (Å²) < 4.78 is 80.4. The molecule has 1 amide bonds. The van der Waals surface area contributed by atoms with Gasteiger partial charge in [-0.2, -0.15) is 23.1 Å². The number of alkyl halides is 3. The minimum absolute atomic E-state index is 0.0662. The van der Waals surface area contributed by atoms with E-state index in [1.165, 1.54) is 4.90 Å². The van der Waals surface area contributed by atoms with Crippen LogP contribution >= 0.6 is 11.3 Å². The number of hydrogen-bond acceptors (Lipinski definition) is 9. The summed E-state index contributed by atoms with van der Waals surface area (Å²) in [5.41, 5.74) is 2.69. The Morgan fingerprint density at radius 3 is 2.67 bits per heavy atom. The summed E-state index contributed by atoms with van der Waals surface area (Å²) in [6.07, 6.45) is -2.01. The van der Waals surface area contributed by atoms with Crippen molar-refractivity contribution >= 4 is 49.3 Å². The molecular weight excluding hydrogens is 593 g/mol. The molecule has 6 rings (SSSR count). The van der Waals surface area contributed by atoms with Crippen molar-refractivity contribution in [2.24, 2.45) is 0 Å². The fourth-order valence-corrected chi connectivity index (χ4v) is 6.26. The van der Waals surface area contributed by atoms with Crippen LogP contribution in [-0.4, -0.2) is 76.0 Å². The summed E-state index contributed by atoms with van der Waals surface area (Å²) in [7, 11) is 1.95.